The van der Waals surface area contributed by atoms with Crippen LogP contribution >= 0.6 is 7.60 Å². The number of halogens is 1. The normalized spacial score (nSPS) is 13.4. The highest BCUT2D eigenvalue weighted by Gasteiger charge is 2.26. The Morgan fingerprint density at radius 3 is 2.38 bits per heavy atom. The lowest BCUT2D eigenvalue weighted by Gasteiger charge is -2.08. The largest absolute Gasteiger partial charge is 0.333 e. The molecule has 0 spiro atoms. The summed E-state index contributed by atoms with van der Waals surface area (Å²) >= 11 is 0. The van der Waals surface area contributed by atoms with Gasteiger partial charge in [-0.3, -0.25) is 9.36 Å². The van der Waals surface area contributed by atoms with E-state index in [1.807, 2.05) is 0 Å². The number of benzene rings is 1. The zero-order valence-electron chi connectivity index (χ0n) is 8.41. The van der Waals surface area contributed by atoms with E-state index in [1.165, 1.54) is 0 Å². The third kappa shape index (κ3) is 4.66. The van der Waals surface area contributed by atoms with Gasteiger partial charge in [0.2, 0.25) is 0 Å². The Kier molecular flexibility index (Phi) is 4.35. The lowest BCUT2D eigenvalue weighted by molar-refractivity contribution is -0.121. The molecule has 1 rings (SSSR count). The first-order chi connectivity index (χ1) is 7.38. The van der Waals surface area contributed by atoms with Crippen LogP contribution < -0.4 is 0 Å². The fraction of sp³-hybridized carbons (Fsp3) is 0.300. The molecule has 0 fully saturated rings. The number of hydrogen-bond donors (Lipinski definition) is 2. The fourth-order valence-corrected chi connectivity index (χ4v) is 1.84. The highest BCUT2D eigenvalue weighted by atomic mass is 31.2. The van der Waals surface area contributed by atoms with Crippen molar-refractivity contribution in [3.63, 3.8) is 0 Å². The van der Waals surface area contributed by atoms with Crippen molar-refractivity contribution < 1.29 is 23.5 Å². The topological polar surface area (TPSA) is 74.6 Å². The number of rotatable bonds is 5. The molecule has 88 valence electrons. The average Bonchev–Trinajstić information content (AvgIpc) is 2.16. The van der Waals surface area contributed by atoms with Crippen LogP contribution in [0.25, 0.3) is 0 Å². The third-order valence-electron chi connectivity index (χ3n) is 1.97. The standard InChI is InChI=1S/C10H12FO4P/c11-9(10(12)7-16(13,14)15)6-8-4-2-1-3-5-8/h1-5,9H,6-7H2,(H2,13,14,15). The molecule has 0 aliphatic heterocycles. The molecule has 1 atom stereocenters. The van der Waals surface area contributed by atoms with Crippen molar-refractivity contribution in [1.82, 2.24) is 0 Å². The van der Waals surface area contributed by atoms with Crippen molar-refractivity contribution >= 4 is 13.4 Å². The second-order valence-electron chi connectivity index (χ2n) is 3.45. The van der Waals surface area contributed by atoms with E-state index in [0.717, 1.165) is 0 Å². The van der Waals surface area contributed by atoms with E-state index in [-0.39, 0.29) is 6.42 Å². The zero-order chi connectivity index (χ0) is 12.2. The van der Waals surface area contributed by atoms with Crippen molar-refractivity contribution in [2.24, 2.45) is 0 Å². The summed E-state index contributed by atoms with van der Waals surface area (Å²) in [5.41, 5.74) is 0.620. The minimum Gasteiger partial charge on any atom is -0.324 e. The Morgan fingerprint density at radius 1 is 1.31 bits per heavy atom. The van der Waals surface area contributed by atoms with Crippen LogP contribution in [0.5, 0.6) is 0 Å². The molecule has 1 aromatic rings. The molecule has 1 aromatic carbocycles. The number of carbonyl (C=O) groups is 1. The monoisotopic (exact) mass is 246 g/mol. The smallest absolute Gasteiger partial charge is 0.324 e. The second kappa shape index (κ2) is 5.34. The van der Waals surface area contributed by atoms with Crippen LogP contribution in [0.1, 0.15) is 5.56 Å². The first kappa shape index (κ1) is 13.0. The predicted octanol–water partition coefficient (Wildman–Crippen LogP) is 1.31. The van der Waals surface area contributed by atoms with E-state index < -0.39 is 25.7 Å². The molecule has 0 radical (unpaired) electrons. The van der Waals surface area contributed by atoms with Gasteiger partial charge in [-0.1, -0.05) is 30.3 Å². The summed E-state index contributed by atoms with van der Waals surface area (Å²) in [7, 11) is -4.47. The van der Waals surface area contributed by atoms with Gasteiger partial charge < -0.3 is 9.79 Å². The number of ketones is 1. The maximum Gasteiger partial charge on any atom is 0.333 e. The summed E-state index contributed by atoms with van der Waals surface area (Å²) in [6, 6.07) is 8.47. The quantitative estimate of drug-likeness (QED) is 0.768. The lowest BCUT2D eigenvalue weighted by atomic mass is 10.1. The van der Waals surface area contributed by atoms with Gasteiger partial charge in [0.1, 0.15) is 6.16 Å². The van der Waals surface area contributed by atoms with E-state index >= 15 is 0 Å². The molecule has 0 aromatic heterocycles. The molecule has 0 aliphatic rings. The Bertz CT molecular complexity index is 401. The first-order valence-electron chi connectivity index (χ1n) is 4.64. The molecule has 2 N–H and O–H groups in total. The highest BCUT2D eigenvalue weighted by molar-refractivity contribution is 7.52. The molecule has 0 heterocycles. The van der Waals surface area contributed by atoms with Crippen molar-refractivity contribution in [2.75, 3.05) is 6.16 Å². The first-order valence-corrected chi connectivity index (χ1v) is 6.43. The van der Waals surface area contributed by atoms with Crippen molar-refractivity contribution in [1.29, 1.82) is 0 Å². The number of hydrogen-bond acceptors (Lipinski definition) is 2. The molecular formula is C10H12FO4P. The van der Waals surface area contributed by atoms with Gasteiger partial charge >= 0.3 is 7.60 Å². The van der Waals surface area contributed by atoms with Crippen LogP contribution in [-0.2, 0) is 15.8 Å². The van der Waals surface area contributed by atoms with Crippen LogP contribution in [0, 0.1) is 0 Å². The van der Waals surface area contributed by atoms with Crippen LogP contribution in [-0.4, -0.2) is 27.9 Å². The maximum atomic E-state index is 13.3. The van der Waals surface area contributed by atoms with Crippen molar-refractivity contribution in [3.05, 3.63) is 35.9 Å². The van der Waals surface area contributed by atoms with E-state index in [2.05, 4.69) is 0 Å². The third-order valence-corrected chi connectivity index (χ3v) is 2.69. The van der Waals surface area contributed by atoms with Crippen molar-refractivity contribution in [2.45, 2.75) is 12.6 Å². The van der Waals surface area contributed by atoms with Gasteiger partial charge in [-0.25, -0.2) is 4.39 Å². The summed E-state index contributed by atoms with van der Waals surface area (Å²) in [5.74, 6) is -1.06. The summed E-state index contributed by atoms with van der Waals surface area (Å²) < 4.78 is 23.8. The second-order valence-corrected chi connectivity index (χ2v) is 5.09. The summed E-state index contributed by atoms with van der Waals surface area (Å²) in [4.78, 5) is 28.1. The lowest BCUT2D eigenvalue weighted by Crippen LogP contribution is -2.21. The van der Waals surface area contributed by atoms with Gasteiger partial charge in [0.05, 0.1) is 0 Å². The van der Waals surface area contributed by atoms with Gasteiger partial charge in [0.25, 0.3) is 0 Å². The Labute approximate surface area is 92.3 Å². The molecule has 16 heavy (non-hydrogen) atoms. The Morgan fingerprint density at radius 2 is 1.88 bits per heavy atom. The number of carbonyl (C=O) groups excluding carboxylic acids is 1. The zero-order valence-corrected chi connectivity index (χ0v) is 9.31. The fourth-order valence-electron chi connectivity index (χ4n) is 1.24. The molecule has 0 amide bonds. The molecule has 1 unspecified atom stereocenters. The van der Waals surface area contributed by atoms with Crippen molar-refractivity contribution in [3.8, 4) is 0 Å². The summed E-state index contributed by atoms with van der Waals surface area (Å²) in [6.45, 7) is 0. The number of alkyl halides is 1. The van der Waals surface area contributed by atoms with E-state index in [9.17, 15) is 13.8 Å². The number of Topliss-reactive ketones (excluding diaryl/α,β-unsaturated/α-hetero) is 1. The minimum atomic E-state index is -4.47. The van der Waals surface area contributed by atoms with Crippen LogP contribution in [0.2, 0.25) is 0 Å². The van der Waals surface area contributed by atoms with Gasteiger partial charge in [-0.05, 0) is 5.56 Å². The molecule has 0 bridgehead atoms. The summed E-state index contributed by atoms with van der Waals surface area (Å²) in [5, 5.41) is 0. The predicted molar refractivity (Wildman–Crippen MR) is 57.0 cm³/mol. The maximum absolute atomic E-state index is 13.3. The Balaban J connectivity index is 2.56. The summed E-state index contributed by atoms with van der Waals surface area (Å²) in [6.07, 6.45) is -3.06. The highest BCUT2D eigenvalue weighted by Crippen LogP contribution is 2.34. The SMILES string of the molecule is O=C(CP(=O)(O)O)C(F)Cc1ccccc1. The van der Waals surface area contributed by atoms with Gasteiger partial charge in [-0.2, -0.15) is 0 Å². The van der Waals surface area contributed by atoms with E-state index in [0.29, 0.717) is 5.56 Å². The van der Waals surface area contributed by atoms with Gasteiger partial charge in [-0.15, -0.1) is 0 Å². The molecule has 0 saturated heterocycles. The average molecular weight is 246 g/mol. The van der Waals surface area contributed by atoms with Crippen LogP contribution in [0.3, 0.4) is 0 Å². The molecule has 0 aliphatic carbocycles. The molecule has 6 heteroatoms. The molecule has 0 saturated carbocycles. The van der Waals surface area contributed by atoms with Gasteiger partial charge in [0.15, 0.2) is 12.0 Å². The molecule has 4 nitrogen and oxygen atoms in total. The van der Waals surface area contributed by atoms with E-state index in [1.54, 1.807) is 30.3 Å². The molecular weight excluding hydrogens is 234 g/mol. The van der Waals surface area contributed by atoms with Gasteiger partial charge in [0, 0.05) is 6.42 Å². The van der Waals surface area contributed by atoms with E-state index in [4.69, 9.17) is 9.79 Å². The minimum absolute atomic E-state index is 0.153. The van der Waals surface area contributed by atoms with Crippen LogP contribution in [0.4, 0.5) is 4.39 Å². The Hall–Kier alpha value is -1.03. The van der Waals surface area contributed by atoms with Crippen LogP contribution in [0.15, 0.2) is 30.3 Å².